The molecule has 3 fully saturated rings. The van der Waals surface area contributed by atoms with Crippen LogP contribution in [0.1, 0.15) is 66.8 Å². The number of hydrogen-bond donors (Lipinski definition) is 0. The van der Waals surface area contributed by atoms with Crippen LogP contribution in [-0.2, 0) is 4.74 Å². The van der Waals surface area contributed by atoms with Gasteiger partial charge in [-0.15, -0.1) is 0 Å². The average molecular weight is 518 g/mol. The molecule has 1 saturated carbocycles. The third-order valence-corrected chi connectivity index (χ3v) is 9.06. The number of hydrogen-bond acceptors (Lipinski definition) is 4. The van der Waals surface area contributed by atoms with E-state index in [0.29, 0.717) is 17.8 Å². The van der Waals surface area contributed by atoms with Crippen LogP contribution >= 0.6 is 0 Å². The van der Waals surface area contributed by atoms with Crippen molar-refractivity contribution >= 4 is 12.0 Å². The lowest BCUT2D eigenvalue weighted by molar-refractivity contribution is 0.0619. The number of ether oxygens (including phenoxy) is 1. The van der Waals surface area contributed by atoms with Gasteiger partial charge in [-0.3, -0.25) is 4.79 Å². The standard InChI is InChI=1S/C32H43N3O3/c1-38-32(37)35(21-25-11-5-2-6-12-25)29-17-19-33(20-18-29)22-28-23-34(31(36)27-15-9-4-10-16-27)24-30(28)26-13-7-3-8-14-26/h3-4,7-10,13-16,25,28-30H,2,5-6,11-12,17-24H2,1H3/t28-,30+/m0/s1. The molecule has 2 heterocycles. The average Bonchev–Trinajstić information content (AvgIpc) is 3.40. The molecule has 0 bridgehead atoms. The van der Waals surface area contributed by atoms with E-state index in [1.165, 1.54) is 44.8 Å². The molecule has 3 aliphatic rings. The number of methoxy groups -OCH3 is 1. The van der Waals surface area contributed by atoms with Crippen LogP contribution in [-0.4, -0.2) is 79.1 Å². The molecule has 0 N–H and O–H groups in total. The van der Waals surface area contributed by atoms with Gasteiger partial charge in [-0.25, -0.2) is 4.79 Å². The van der Waals surface area contributed by atoms with Crippen LogP contribution in [0.3, 0.4) is 0 Å². The first-order valence-electron chi connectivity index (χ1n) is 14.6. The summed E-state index contributed by atoms with van der Waals surface area (Å²) in [5, 5.41) is 0. The topological polar surface area (TPSA) is 53.1 Å². The molecule has 0 radical (unpaired) electrons. The molecular weight excluding hydrogens is 474 g/mol. The van der Waals surface area contributed by atoms with Gasteiger partial charge < -0.3 is 19.4 Å². The first-order valence-corrected chi connectivity index (χ1v) is 14.6. The number of nitrogens with zero attached hydrogens (tertiary/aromatic N) is 3. The summed E-state index contributed by atoms with van der Waals surface area (Å²) in [5.74, 6) is 1.46. The van der Waals surface area contributed by atoms with Crippen molar-refractivity contribution in [2.24, 2.45) is 11.8 Å². The lowest BCUT2D eigenvalue weighted by Gasteiger charge is -2.40. The van der Waals surface area contributed by atoms with Crippen molar-refractivity contribution in [1.29, 1.82) is 0 Å². The Hall–Kier alpha value is -2.86. The predicted octanol–water partition coefficient (Wildman–Crippen LogP) is 5.66. The zero-order valence-electron chi connectivity index (χ0n) is 22.8. The number of likely N-dealkylation sites (tertiary alicyclic amines) is 2. The van der Waals surface area contributed by atoms with Gasteiger partial charge in [0.15, 0.2) is 0 Å². The summed E-state index contributed by atoms with van der Waals surface area (Å²) in [6, 6.07) is 20.6. The van der Waals surface area contributed by atoms with Gasteiger partial charge in [0, 0.05) is 56.8 Å². The van der Waals surface area contributed by atoms with Crippen molar-refractivity contribution in [3.63, 3.8) is 0 Å². The Kier molecular flexibility index (Phi) is 9.00. The van der Waals surface area contributed by atoms with E-state index >= 15 is 0 Å². The Morgan fingerprint density at radius 3 is 2.18 bits per heavy atom. The second-order valence-electron chi connectivity index (χ2n) is 11.5. The van der Waals surface area contributed by atoms with Crippen LogP contribution in [0, 0.1) is 11.8 Å². The Labute approximate surface area is 227 Å². The van der Waals surface area contributed by atoms with Gasteiger partial charge in [-0.1, -0.05) is 67.8 Å². The highest BCUT2D eigenvalue weighted by atomic mass is 16.5. The maximum atomic E-state index is 13.3. The maximum absolute atomic E-state index is 13.3. The Balaban J connectivity index is 1.22. The molecule has 2 aromatic rings. The smallest absolute Gasteiger partial charge is 0.409 e. The highest BCUT2D eigenvalue weighted by Crippen LogP contribution is 2.35. The van der Waals surface area contributed by atoms with Gasteiger partial charge in [-0.05, 0) is 55.2 Å². The summed E-state index contributed by atoms with van der Waals surface area (Å²) >= 11 is 0. The highest BCUT2D eigenvalue weighted by molar-refractivity contribution is 5.94. The largest absolute Gasteiger partial charge is 0.453 e. The molecule has 38 heavy (non-hydrogen) atoms. The fraction of sp³-hybridized carbons (Fsp3) is 0.562. The van der Waals surface area contributed by atoms with Gasteiger partial charge in [-0.2, -0.15) is 0 Å². The summed E-state index contributed by atoms with van der Waals surface area (Å²) in [5.41, 5.74) is 2.08. The Bertz CT molecular complexity index is 1030. The molecular formula is C32H43N3O3. The molecule has 2 aliphatic heterocycles. The SMILES string of the molecule is COC(=O)N(CC1CCCCC1)C1CCN(C[C@H]2CN(C(=O)c3ccccc3)C[C@@H]2c2ccccc2)CC1. The lowest BCUT2D eigenvalue weighted by Crippen LogP contribution is -2.50. The number of amides is 2. The van der Waals surface area contributed by atoms with E-state index in [0.717, 1.165) is 57.7 Å². The minimum absolute atomic E-state index is 0.129. The summed E-state index contributed by atoms with van der Waals surface area (Å²) in [4.78, 5) is 32.7. The minimum atomic E-state index is -0.163. The lowest BCUT2D eigenvalue weighted by atomic mass is 9.87. The number of carbonyl (C=O) groups is 2. The summed E-state index contributed by atoms with van der Waals surface area (Å²) in [6.45, 7) is 5.32. The first-order chi connectivity index (χ1) is 18.6. The molecule has 204 valence electrons. The van der Waals surface area contributed by atoms with E-state index in [2.05, 4.69) is 35.2 Å². The summed E-state index contributed by atoms with van der Waals surface area (Å²) in [6.07, 6.45) is 8.16. The summed E-state index contributed by atoms with van der Waals surface area (Å²) in [7, 11) is 1.51. The molecule has 6 nitrogen and oxygen atoms in total. The molecule has 2 amide bonds. The van der Waals surface area contributed by atoms with E-state index in [4.69, 9.17) is 4.74 Å². The zero-order valence-corrected chi connectivity index (χ0v) is 22.8. The number of carbonyl (C=O) groups excluding carboxylic acids is 2. The quantitative estimate of drug-likeness (QED) is 0.476. The van der Waals surface area contributed by atoms with Crippen molar-refractivity contribution in [2.45, 2.75) is 56.9 Å². The predicted molar refractivity (Wildman–Crippen MR) is 150 cm³/mol. The minimum Gasteiger partial charge on any atom is -0.453 e. The molecule has 2 aromatic carbocycles. The van der Waals surface area contributed by atoms with Gasteiger partial charge in [0.2, 0.25) is 0 Å². The van der Waals surface area contributed by atoms with Gasteiger partial charge in [0.25, 0.3) is 5.91 Å². The van der Waals surface area contributed by atoms with E-state index in [-0.39, 0.29) is 18.0 Å². The summed E-state index contributed by atoms with van der Waals surface area (Å²) < 4.78 is 5.21. The van der Waals surface area contributed by atoms with Gasteiger partial charge in [0.1, 0.15) is 0 Å². The van der Waals surface area contributed by atoms with Crippen molar-refractivity contribution in [3.05, 3.63) is 71.8 Å². The molecule has 2 atom stereocenters. The normalized spacial score (nSPS) is 23.3. The van der Waals surface area contributed by atoms with Crippen LogP contribution in [0.25, 0.3) is 0 Å². The van der Waals surface area contributed by atoms with E-state index in [1.807, 2.05) is 40.1 Å². The van der Waals surface area contributed by atoms with Crippen molar-refractivity contribution in [2.75, 3.05) is 46.4 Å². The van der Waals surface area contributed by atoms with E-state index in [9.17, 15) is 9.59 Å². The first kappa shape index (κ1) is 26.7. The van der Waals surface area contributed by atoms with Crippen LogP contribution in [0.4, 0.5) is 4.79 Å². The van der Waals surface area contributed by atoms with Crippen LogP contribution in [0.5, 0.6) is 0 Å². The van der Waals surface area contributed by atoms with Crippen molar-refractivity contribution in [1.82, 2.24) is 14.7 Å². The Morgan fingerprint density at radius 1 is 0.868 bits per heavy atom. The van der Waals surface area contributed by atoms with Crippen LogP contribution < -0.4 is 0 Å². The fourth-order valence-corrected chi connectivity index (χ4v) is 6.95. The number of piperidine rings is 1. The van der Waals surface area contributed by atoms with Gasteiger partial charge >= 0.3 is 6.09 Å². The fourth-order valence-electron chi connectivity index (χ4n) is 6.95. The van der Waals surface area contributed by atoms with Crippen LogP contribution in [0.15, 0.2) is 60.7 Å². The monoisotopic (exact) mass is 517 g/mol. The number of rotatable bonds is 7. The molecule has 6 heteroatoms. The second kappa shape index (κ2) is 12.8. The van der Waals surface area contributed by atoms with Gasteiger partial charge in [0.05, 0.1) is 7.11 Å². The Morgan fingerprint density at radius 2 is 1.53 bits per heavy atom. The molecule has 0 unspecified atom stereocenters. The van der Waals surface area contributed by atoms with Crippen LogP contribution in [0.2, 0.25) is 0 Å². The molecule has 0 aromatic heterocycles. The van der Waals surface area contributed by atoms with E-state index in [1.54, 1.807) is 0 Å². The molecule has 0 spiro atoms. The molecule has 5 rings (SSSR count). The second-order valence-corrected chi connectivity index (χ2v) is 11.5. The van der Waals surface area contributed by atoms with E-state index < -0.39 is 0 Å². The highest BCUT2D eigenvalue weighted by Gasteiger charge is 2.38. The van der Waals surface area contributed by atoms with Crippen molar-refractivity contribution in [3.8, 4) is 0 Å². The third-order valence-electron chi connectivity index (χ3n) is 9.06. The zero-order chi connectivity index (χ0) is 26.3. The molecule has 1 aliphatic carbocycles. The third kappa shape index (κ3) is 6.40. The molecule has 2 saturated heterocycles. The maximum Gasteiger partial charge on any atom is 0.409 e. The van der Waals surface area contributed by atoms with Crippen molar-refractivity contribution < 1.29 is 14.3 Å². The number of benzene rings is 2.